The Kier molecular flexibility index (Phi) is 7.06. The number of carbonyl (C=O) groups is 3. The lowest BCUT2D eigenvalue weighted by molar-refractivity contribution is -0.125. The lowest BCUT2D eigenvalue weighted by atomic mass is 10.1. The fraction of sp³-hybridized carbons (Fsp3) is 0.235. The average molecular weight is 398 g/mol. The van der Waals surface area contributed by atoms with Crippen LogP contribution in [0.1, 0.15) is 29.1 Å². The third-order valence-corrected chi connectivity index (χ3v) is 3.97. The molecule has 1 aromatic heterocycles. The van der Waals surface area contributed by atoms with Crippen LogP contribution in [0.15, 0.2) is 41.0 Å². The van der Waals surface area contributed by atoms with E-state index in [9.17, 15) is 14.4 Å². The summed E-state index contributed by atoms with van der Waals surface area (Å²) in [6.45, 7) is 1.26. The fourth-order valence-electron chi connectivity index (χ4n) is 2.12. The molecule has 3 N–H and O–H groups in total. The van der Waals surface area contributed by atoms with Crippen molar-refractivity contribution >= 4 is 40.9 Å². The monoisotopic (exact) mass is 397 g/mol. The Morgan fingerprint density at radius 3 is 2.46 bits per heavy atom. The summed E-state index contributed by atoms with van der Waals surface area (Å²) in [5.41, 5.74) is 0.710. The van der Waals surface area contributed by atoms with Crippen molar-refractivity contribution in [3.63, 3.8) is 0 Å². The number of hydrogen-bond acceptors (Lipinski definition) is 4. The molecule has 0 fully saturated rings. The smallest absolute Gasteiger partial charge is 0.287 e. The molecule has 0 unspecified atom stereocenters. The minimum atomic E-state index is -0.513. The van der Waals surface area contributed by atoms with E-state index in [4.69, 9.17) is 27.6 Å². The Hall–Kier alpha value is -2.51. The van der Waals surface area contributed by atoms with Gasteiger partial charge in [0.25, 0.3) is 5.91 Å². The summed E-state index contributed by atoms with van der Waals surface area (Å²) < 4.78 is 4.90. The molecule has 0 aliphatic carbocycles. The molecule has 7 nitrogen and oxygen atoms in total. The highest BCUT2D eigenvalue weighted by atomic mass is 35.5. The van der Waals surface area contributed by atoms with Crippen LogP contribution in [0.4, 0.5) is 0 Å². The van der Waals surface area contributed by atoms with Gasteiger partial charge in [0.15, 0.2) is 5.76 Å². The third kappa shape index (κ3) is 5.79. The Bertz CT molecular complexity index is 793. The van der Waals surface area contributed by atoms with Gasteiger partial charge in [-0.15, -0.1) is 0 Å². The molecule has 3 amide bonds. The zero-order chi connectivity index (χ0) is 19.1. The third-order valence-electron chi connectivity index (χ3n) is 3.41. The number of nitrogens with one attached hydrogen (secondary N) is 3. The highest BCUT2D eigenvalue weighted by molar-refractivity contribution is 6.35. The van der Waals surface area contributed by atoms with Gasteiger partial charge in [-0.2, -0.15) is 0 Å². The molecule has 1 aromatic carbocycles. The van der Waals surface area contributed by atoms with Crippen molar-refractivity contribution < 1.29 is 18.8 Å². The van der Waals surface area contributed by atoms with Gasteiger partial charge < -0.3 is 20.4 Å². The molecule has 0 saturated heterocycles. The van der Waals surface area contributed by atoms with Gasteiger partial charge in [-0.1, -0.05) is 29.3 Å². The summed E-state index contributed by atoms with van der Waals surface area (Å²) in [6.07, 6.45) is 1.35. The van der Waals surface area contributed by atoms with Gasteiger partial charge in [0, 0.05) is 10.0 Å². The van der Waals surface area contributed by atoms with Crippen LogP contribution in [0.25, 0.3) is 0 Å². The van der Waals surface area contributed by atoms with Crippen LogP contribution >= 0.6 is 23.2 Å². The first-order valence-electron chi connectivity index (χ1n) is 7.69. The summed E-state index contributed by atoms with van der Waals surface area (Å²) >= 11 is 11.9. The molecule has 0 bridgehead atoms. The van der Waals surface area contributed by atoms with E-state index in [0.29, 0.717) is 15.6 Å². The van der Waals surface area contributed by atoms with Crippen molar-refractivity contribution in [3.05, 3.63) is 58.0 Å². The molecular formula is C17H17Cl2N3O4. The van der Waals surface area contributed by atoms with E-state index in [0.717, 1.165) is 0 Å². The van der Waals surface area contributed by atoms with E-state index in [1.807, 2.05) is 0 Å². The Morgan fingerprint density at radius 2 is 1.81 bits per heavy atom. The summed E-state index contributed by atoms with van der Waals surface area (Å²) in [5.74, 6) is -1.31. The summed E-state index contributed by atoms with van der Waals surface area (Å²) in [7, 11) is 0. The second-order valence-electron chi connectivity index (χ2n) is 5.39. The van der Waals surface area contributed by atoms with Gasteiger partial charge in [0.1, 0.15) is 0 Å². The van der Waals surface area contributed by atoms with Crippen LogP contribution in [0.5, 0.6) is 0 Å². The van der Waals surface area contributed by atoms with Gasteiger partial charge in [-0.05, 0) is 36.8 Å². The highest BCUT2D eigenvalue weighted by Gasteiger charge is 2.14. The van der Waals surface area contributed by atoms with Crippen molar-refractivity contribution in [2.24, 2.45) is 0 Å². The summed E-state index contributed by atoms with van der Waals surface area (Å²) in [5, 5.41) is 8.45. The van der Waals surface area contributed by atoms with E-state index in [1.165, 1.54) is 12.3 Å². The van der Waals surface area contributed by atoms with Crippen molar-refractivity contribution in [2.45, 2.75) is 13.0 Å². The van der Waals surface area contributed by atoms with E-state index >= 15 is 0 Å². The number of carbonyl (C=O) groups excluding carboxylic acids is 3. The van der Waals surface area contributed by atoms with Crippen LogP contribution in [-0.4, -0.2) is 30.8 Å². The minimum absolute atomic E-state index is 0.101. The van der Waals surface area contributed by atoms with E-state index in [-0.39, 0.29) is 24.9 Å². The zero-order valence-corrected chi connectivity index (χ0v) is 15.4. The Morgan fingerprint density at radius 1 is 1.08 bits per heavy atom. The highest BCUT2D eigenvalue weighted by Crippen LogP contribution is 2.25. The van der Waals surface area contributed by atoms with Crippen molar-refractivity contribution in [3.8, 4) is 0 Å². The van der Waals surface area contributed by atoms with E-state index in [1.54, 1.807) is 31.2 Å². The molecule has 0 radical (unpaired) electrons. The number of hydrogen-bond donors (Lipinski definition) is 3. The maximum atomic E-state index is 11.9. The zero-order valence-electron chi connectivity index (χ0n) is 13.8. The Labute approximate surface area is 160 Å². The molecule has 0 aliphatic heterocycles. The molecule has 0 aliphatic rings. The standard InChI is InChI=1S/C17H17Cl2N3O4/c1-10(12-5-4-11(18)7-13(12)19)22-16(24)9-20-15(23)8-21-17(25)14-3-2-6-26-14/h2-7,10H,8-9H2,1H3,(H,20,23)(H,21,25)(H,22,24)/t10-/m1/s1. The number of halogens is 2. The molecule has 0 saturated carbocycles. The maximum absolute atomic E-state index is 11.9. The SMILES string of the molecule is C[C@@H](NC(=O)CNC(=O)CNC(=O)c1ccco1)c1ccc(Cl)cc1Cl. The molecule has 9 heteroatoms. The topological polar surface area (TPSA) is 100 Å². The maximum Gasteiger partial charge on any atom is 0.287 e. The first kappa shape index (κ1) is 19.8. The second-order valence-corrected chi connectivity index (χ2v) is 6.24. The molecule has 26 heavy (non-hydrogen) atoms. The van der Waals surface area contributed by atoms with Gasteiger partial charge in [-0.3, -0.25) is 14.4 Å². The number of benzene rings is 1. The van der Waals surface area contributed by atoms with Crippen LogP contribution in [0, 0.1) is 0 Å². The van der Waals surface area contributed by atoms with E-state index < -0.39 is 17.7 Å². The number of furan rings is 1. The van der Waals surface area contributed by atoms with Gasteiger partial charge >= 0.3 is 0 Å². The Balaban J connectivity index is 1.73. The van der Waals surface area contributed by atoms with Crippen molar-refractivity contribution in [1.29, 1.82) is 0 Å². The summed E-state index contributed by atoms with van der Waals surface area (Å²) in [4.78, 5) is 35.3. The fourth-order valence-corrected chi connectivity index (χ4v) is 2.69. The first-order valence-corrected chi connectivity index (χ1v) is 8.45. The molecule has 2 aromatic rings. The first-order chi connectivity index (χ1) is 12.4. The van der Waals surface area contributed by atoms with E-state index in [2.05, 4.69) is 16.0 Å². The normalized spacial score (nSPS) is 11.5. The van der Waals surface area contributed by atoms with Crippen molar-refractivity contribution in [2.75, 3.05) is 13.1 Å². The van der Waals surface area contributed by atoms with Crippen LogP contribution in [0.3, 0.4) is 0 Å². The number of amides is 3. The predicted molar refractivity (Wildman–Crippen MR) is 97.1 cm³/mol. The predicted octanol–water partition coefficient (Wildman–Crippen LogP) is 2.31. The van der Waals surface area contributed by atoms with Gasteiger partial charge in [0.2, 0.25) is 11.8 Å². The molecule has 1 heterocycles. The molecule has 2 rings (SSSR count). The molecular weight excluding hydrogens is 381 g/mol. The minimum Gasteiger partial charge on any atom is -0.459 e. The van der Waals surface area contributed by atoms with Crippen LogP contribution in [0.2, 0.25) is 10.0 Å². The quantitative estimate of drug-likeness (QED) is 0.666. The largest absolute Gasteiger partial charge is 0.459 e. The lowest BCUT2D eigenvalue weighted by Gasteiger charge is -2.16. The molecule has 138 valence electrons. The van der Waals surface area contributed by atoms with Crippen LogP contribution in [-0.2, 0) is 9.59 Å². The van der Waals surface area contributed by atoms with Gasteiger partial charge in [0.05, 0.1) is 25.4 Å². The average Bonchev–Trinajstić information content (AvgIpc) is 3.12. The van der Waals surface area contributed by atoms with Crippen LogP contribution < -0.4 is 16.0 Å². The lowest BCUT2D eigenvalue weighted by Crippen LogP contribution is -2.42. The molecule has 1 atom stereocenters. The second kappa shape index (κ2) is 9.26. The molecule has 0 spiro atoms. The number of rotatable bonds is 7. The van der Waals surface area contributed by atoms with Gasteiger partial charge in [-0.25, -0.2) is 0 Å². The van der Waals surface area contributed by atoms with Crippen molar-refractivity contribution in [1.82, 2.24) is 16.0 Å². The summed E-state index contributed by atoms with van der Waals surface area (Å²) in [6, 6.07) is 7.66.